The third-order valence-corrected chi connectivity index (χ3v) is 3.94. The smallest absolute Gasteiger partial charge is 0.407 e. The number of amides is 3. The molecule has 1 aliphatic heterocycles. The van der Waals surface area contributed by atoms with Crippen LogP contribution >= 0.6 is 0 Å². The van der Waals surface area contributed by atoms with E-state index < -0.39 is 18.1 Å². The minimum Gasteiger partial charge on any atom is -0.467 e. The molecule has 1 heterocycles. The maximum Gasteiger partial charge on any atom is 0.407 e. The van der Waals surface area contributed by atoms with Crippen LogP contribution in [-0.4, -0.2) is 83.8 Å². The Morgan fingerprint density at radius 1 is 1.27 bits per heavy atom. The molecule has 2 atom stereocenters. The first-order chi connectivity index (χ1) is 10.2. The van der Waals surface area contributed by atoms with Crippen molar-refractivity contribution in [3.8, 4) is 0 Å². The predicted molar refractivity (Wildman–Crippen MR) is 79.6 cm³/mol. The molecule has 0 saturated carbocycles. The van der Waals surface area contributed by atoms with Crippen molar-refractivity contribution in [3.63, 3.8) is 0 Å². The summed E-state index contributed by atoms with van der Waals surface area (Å²) in [6, 6.07) is -1.20. The minimum atomic E-state index is -0.984. The van der Waals surface area contributed by atoms with Crippen LogP contribution in [0.4, 0.5) is 9.59 Å². The Morgan fingerprint density at radius 2 is 1.86 bits per heavy atom. The summed E-state index contributed by atoms with van der Waals surface area (Å²) in [4.78, 5) is 39.8. The van der Waals surface area contributed by atoms with E-state index in [2.05, 4.69) is 0 Å². The molecule has 1 saturated heterocycles. The highest BCUT2D eigenvalue weighted by Gasteiger charge is 2.36. The Morgan fingerprint density at radius 3 is 2.27 bits per heavy atom. The van der Waals surface area contributed by atoms with Gasteiger partial charge < -0.3 is 24.5 Å². The normalized spacial score (nSPS) is 19.8. The number of piperazine rings is 1. The van der Waals surface area contributed by atoms with E-state index in [9.17, 15) is 14.4 Å². The fourth-order valence-electron chi connectivity index (χ4n) is 2.74. The first kappa shape index (κ1) is 18.1. The van der Waals surface area contributed by atoms with Crippen molar-refractivity contribution in [2.75, 3.05) is 33.8 Å². The molecule has 8 heteroatoms. The van der Waals surface area contributed by atoms with E-state index in [0.717, 1.165) is 0 Å². The van der Waals surface area contributed by atoms with E-state index >= 15 is 0 Å². The lowest BCUT2D eigenvalue weighted by molar-refractivity contribution is -0.147. The minimum absolute atomic E-state index is 0.0861. The van der Waals surface area contributed by atoms with E-state index in [1.807, 2.05) is 13.8 Å². The molecule has 0 aromatic rings. The molecule has 0 radical (unpaired) electrons. The number of esters is 1. The van der Waals surface area contributed by atoms with Crippen LogP contribution in [0.15, 0.2) is 0 Å². The molecule has 1 rings (SSSR count). The highest BCUT2D eigenvalue weighted by atomic mass is 16.5. The van der Waals surface area contributed by atoms with Crippen molar-refractivity contribution in [1.82, 2.24) is 14.7 Å². The fraction of sp³-hybridized carbons (Fsp3) is 0.786. The molecule has 1 fully saturated rings. The molecular weight excluding hydrogens is 290 g/mol. The summed E-state index contributed by atoms with van der Waals surface area (Å²) in [7, 11) is 2.87. The Hall–Kier alpha value is -1.99. The van der Waals surface area contributed by atoms with Gasteiger partial charge in [-0.2, -0.15) is 0 Å². The Labute approximate surface area is 130 Å². The number of hydrogen-bond acceptors (Lipinski definition) is 4. The van der Waals surface area contributed by atoms with Gasteiger partial charge in [-0.25, -0.2) is 14.4 Å². The summed E-state index contributed by atoms with van der Waals surface area (Å²) in [5, 5.41) is 9.01. The van der Waals surface area contributed by atoms with E-state index in [0.29, 0.717) is 6.54 Å². The van der Waals surface area contributed by atoms with Gasteiger partial charge in [0.05, 0.1) is 7.11 Å². The van der Waals surface area contributed by atoms with Crippen molar-refractivity contribution >= 4 is 18.1 Å². The number of nitrogens with zero attached hydrogens (tertiary/aromatic N) is 3. The molecule has 0 spiro atoms. The van der Waals surface area contributed by atoms with Gasteiger partial charge in [-0.3, -0.25) is 0 Å². The monoisotopic (exact) mass is 315 g/mol. The quantitative estimate of drug-likeness (QED) is 0.782. The second-order valence-electron chi connectivity index (χ2n) is 5.88. The Balaban J connectivity index is 2.82. The molecule has 1 aliphatic rings. The second-order valence-corrected chi connectivity index (χ2v) is 5.88. The lowest BCUT2D eigenvalue weighted by Crippen LogP contribution is -2.60. The molecule has 126 valence electrons. The van der Waals surface area contributed by atoms with Crippen LogP contribution in [0, 0.1) is 5.92 Å². The fourth-order valence-corrected chi connectivity index (χ4v) is 2.74. The number of carboxylic acid groups (broad SMARTS) is 1. The summed E-state index contributed by atoms with van der Waals surface area (Å²) < 4.78 is 4.77. The van der Waals surface area contributed by atoms with Crippen LogP contribution in [-0.2, 0) is 9.53 Å². The second kappa shape index (κ2) is 7.33. The average Bonchev–Trinajstić information content (AvgIpc) is 2.45. The number of hydrogen-bond donors (Lipinski definition) is 1. The number of rotatable bonds is 3. The van der Waals surface area contributed by atoms with Crippen molar-refractivity contribution < 1.29 is 24.2 Å². The van der Waals surface area contributed by atoms with Gasteiger partial charge in [0.2, 0.25) is 0 Å². The van der Waals surface area contributed by atoms with Crippen LogP contribution in [0.5, 0.6) is 0 Å². The van der Waals surface area contributed by atoms with Crippen LogP contribution in [0.2, 0.25) is 0 Å². The largest absolute Gasteiger partial charge is 0.467 e. The molecule has 0 aliphatic carbocycles. The zero-order valence-electron chi connectivity index (χ0n) is 13.8. The van der Waals surface area contributed by atoms with Crippen molar-refractivity contribution in [1.29, 1.82) is 0 Å². The highest BCUT2D eigenvalue weighted by molar-refractivity contribution is 5.84. The molecule has 1 N–H and O–H groups in total. The van der Waals surface area contributed by atoms with Crippen LogP contribution in [0.25, 0.3) is 0 Å². The number of likely N-dealkylation sites (N-methyl/N-ethyl adjacent to an activating group) is 1. The highest BCUT2D eigenvalue weighted by Crippen LogP contribution is 2.17. The van der Waals surface area contributed by atoms with E-state index in [1.165, 1.54) is 16.9 Å². The van der Waals surface area contributed by atoms with Gasteiger partial charge in [0, 0.05) is 32.7 Å². The summed E-state index contributed by atoms with van der Waals surface area (Å²) in [6.07, 6.45) is -0.984. The maximum atomic E-state index is 12.6. The van der Waals surface area contributed by atoms with Gasteiger partial charge in [0.25, 0.3) is 0 Å². The van der Waals surface area contributed by atoms with Crippen molar-refractivity contribution in [2.45, 2.75) is 32.9 Å². The standard InChI is InChI=1S/C14H25N3O5/c1-9(2)11(12(18)22-5)15(4)13(19)17-7-6-16(14(20)21)8-10(17)3/h9-11H,6-8H2,1-5H3,(H,20,21)/t10-,11+/m1/s1. The number of carbonyl (C=O) groups is 3. The summed E-state index contributed by atoms with van der Waals surface area (Å²) >= 11 is 0. The lowest BCUT2D eigenvalue weighted by atomic mass is 10.0. The van der Waals surface area contributed by atoms with E-state index in [-0.39, 0.29) is 31.1 Å². The molecular formula is C14H25N3O5. The maximum absolute atomic E-state index is 12.6. The van der Waals surface area contributed by atoms with Gasteiger partial charge in [-0.1, -0.05) is 13.8 Å². The van der Waals surface area contributed by atoms with Crippen molar-refractivity contribution in [3.05, 3.63) is 0 Å². The average molecular weight is 315 g/mol. The molecule has 8 nitrogen and oxygen atoms in total. The first-order valence-corrected chi connectivity index (χ1v) is 7.29. The SMILES string of the molecule is COC(=O)[C@H](C(C)C)N(C)C(=O)N1CCN(C(=O)O)C[C@H]1C. The Bertz CT molecular complexity index is 440. The molecule has 0 aromatic heterocycles. The summed E-state index contributed by atoms with van der Waals surface area (Å²) in [6.45, 7) is 6.32. The first-order valence-electron chi connectivity index (χ1n) is 7.29. The molecule has 22 heavy (non-hydrogen) atoms. The van der Waals surface area contributed by atoms with Crippen LogP contribution in [0.3, 0.4) is 0 Å². The number of methoxy groups -OCH3 is 1. The molecule has 0 aromatic carbocycles. The predicted octanol–water partition coefficient (Wildman–Crippen LogP) is 0.920. The molecule has 3 amide bonds. The summed E-state index contributed by atoms with van der Waals surface area (Å²) in [5.74, 6) is -0.542. The number of carbonyl (C=O) groups excluding carboxylic acids is 2. The van der Waals surface area contributed by atoms with Gasteiger partial charge >= 0.3 is 18.1 Å². The van der Waals surface area contributed by atoms with Gasteiger partial charge in [-0.15, -0.1) is 0 Å². The van der Waals surface area contributed by atoms with Gasteiger partial charge in [0.1, 0.15) is 6.04 Å². The van der Waals surface area contributed by atoms with Gasteiger partial charge in [-0.05, 0) is 12.8 Å². The third kappa shape index (κ3) is 3.80. The number of ether oxygens (including phenoxy) is 1. The van der Waals surface area contributed by atoms with Crippen LogP contribution < -0.4 is 0 Å². The topological polar surface area (TPSA) is 90.4 Å². The zero-order valence-corrected chi connectivity index (χ0v) is 13.8. The molecule has 0 bridgehead atoms. The molecule has 0 unspecified atom stereocenters. The number of urea groups is 1. The van der Waals surface area contributed by atoms with E-state index in [4.69, 9.17) is 9.84 Å². The van der Waals surface area contributed by atoms with Crippen LogP contribution in [0.1, 0.15) is 20.8 Å². The summed E-state index contributed by atoms with van der Waals surface area (Å²) in [5.41, 5.74) is 0. The van der Waals surface area contributed by atoms with Crippen molar-refractivity contribution in [2.24, 2.45) is 5.92 Å². The van der Waals surface area contributed by atoms with Gasteiger partial charge in [0.15, 0.2) is 0 Å². The lowest BCUT2D eigenvalue weighted by Gasteiger charge is -2.41. The Kier molecular flexibility index (Phi) is 6.01. The van der Waals surface area contributed by atoms with E-state index in [1.54, 1.807) is 18.9 Å². The zero-order chi connectivity index (χ0) is 17.0. The third-order valence-electron chi connectivity index (χ3n) is 3.94.